The molecule has 0 spiro atoms. The minimum Gasteiger partial charge on any atom is -0.489 e. The maximum atomic E-state index is 12.9. The van der Waals surface area contributed by atoms with Gasteiger partial charge in [0.05, 0.1) is 5.69 Å². The summed E-state index contributed by atoms with van der Waals surface area (Å²) in [5.41, 5.74) is 3.13. The summed E-state index contributed by atoms with van der Waals surface area (Å²) in [7, 11) is 1.69. The number of amides is 2. The smallest absolute Gasteiger partial charge is 0.272 e. The molecule has 0 fully saturated rings. The molecule has 2 heterocycles. The summed E-state index contributed by atoms with van der Waals surface area (Å²) in [6.45, 7) is 2.26. The van der Waals surface area contributed by atoms with Gasteiger partial charge in [0, 0.05) is 18.3 Å². The van der Waals surface area contributed by atoms with Crippen LogP contribution in [0.4, 0.5) is 5.69 Å². The minimum atomic E-state index is -0.757. The number of benzene rings is 1. The second kappa shape index (κ2) is 7.06. The van der Waals surface area contributed by atoms with E-state index in [9.17, 15) is 9.59 Å². The van der Waals surface area contributed by atoms with Gasteiger partial charge in [-0.2, -0.15) is 5.10 Å². The normalized spacial score (nSPS) is 21.7. The van der Waals surface area contributed by atoms with Gasteiger partial charge in [-0.1, -0.05) is 25.5 Å². The molecule has 2 atom stereocenters. The minimum absolute atomic E-state index is 0.0934. The van der Waals surface area contributed by atoms with Crippen LogP contribution in [0.3, 0.4) is 0 Å². The van der Waals surface area contributed by atoms with E-state index in [1.807, 2.05) is 24.3 Å². The monoisotopic (exact) mass is 368 g/mol. The van der Waals surface area contributed by atoms with E-state index in [4.69, 9.17) is 4.74 Å². The molecule has 1 aliphatic carbocycles. The predicted molar refractivity (Wildman–Crippen MR) is 101 cm³/mol. The van der Waals surface area contributed by atoms with Gasteiger partial charge >= 0.3 is 0 Å². The second-order valence-electron chi connectivity index (χ2n) is 7.25. The number of nitrogens with zero attached hydrogens (tertiary/aromatic N) is 2. The van der Waals surface area contributed by atoms with Gasteiger partial charge in [-0.05, 0) is 37.3 Å². The van der Waals surface area contributed by atoms with Crippen molar-refractivity contribution in [3.8, 4) is 5.75 Å². The number of aromatic amines is 1. The Kier molecular flexibility index (Phi) is 4.59. The molecule has 0 saturated heterocycles. The molecule has 1 aliphatic heterocycles. The molecule has 2 unspecified atom stereocenters. The quantitative estimate of drug-likeness (QED) is 0.868. The molecule has 2 aromatic rings. The Morgan fingerprint density at radius 2 is 2.22 bits per heavy atom. The average Bonchev–Trinajstić information content (AvgIpc) is 3.08. The van der Waals surface area contributed by atoms with Gasteiger partial charge in [0.1, 0.15) is 18.4 Å². The Balaban J connectivity index is 1.53. The summed E-state index contributed by atoms with van der Waals surface area (Å²) in [4.78, 5) is 27.2. The number of aryl methyl sites for hydroxylation is 1. The number of aromatic nitrogens is 2. The summed E-state index contributed by atoms with van der Waals surface area (Å²) in [6, 6.07) is 6.60. The highest BCUT2D eigenvalue weighted by atomic mass is 16.5. The third-order valence-electron chi connectivity index (χ3n) is 5.61. The number of rotatable bonds is 3. The Bertz CT molecular complexity index is 876. The topological polar surface area (TPSA) is 87.3 Å². The molecule has 2 amide bonds. The number of ether oxygens (including phenoxy) is 1. The number of H-pyrrole nitrogens is 1. The van der Waals surface area contributed by atoms with Gasteiger partial charge in [-0.15, -0.1) is 0 Å². The van der Waals surface area contributed by atoms with Gasteiger partial charge in [0.25, 0.3) is 11.8 Å². The lowest BCUT2D eigenvalue weighted by molar-refractivity contribution is -0.120. The molecule has 142 valence electrons. The summed E-state index contributed by atoms with van der Waals surface area (Å²) in [6.07, 6.45) is 3.97. The van der Waals surface area contributed by atoms with E-state index < -0.39 is 6.04 Å². The van der Waals surface area contributed by atoms with Crippen molar-refractivity contribution in [1.82, 2.24) is 15.5 Å². The zero-order chi connectivity index (χ0) is 19.0. The number of anilines is 1. The molecular formula is C20H24N4O3. The first kappa shape index (κ1) is 17.6. The summed E-state index contributed by atoms with van der Waals surface area (Å²) < 4.78 is 5.76. The molecule has 0 radical (unpaired) electrons. The van der Waals surface area contributed by atoms with E-state index in [1.54, 1.807) is 7.05 Å². The fraction of sp³-hybridized carbons (Fsp3) is 0.450. The third-order valence-corrected chi connectivity index (χ3v) is 5.61. The van der Waals surface area contributed by atoms with E-state index >= 15 is 0 Å². The SMILES string of the molecule is CCC1CCc2[nH]nc(C(=O)NC3COc4ccccc4N(C)C3=O)c2C1. The van der Waals surface area contributed by atoms with Crippen molar-refractivity contribution in [1.29, 1.82) is 0 Å². The highest BCUT2D eigenvalue weighted by Gasteiger charge is 2.33. The molecule has 0 bridgehead atoms. The average molecular weight is 368 g/mol. The number of nitrogens with one attached hydrogen (secondary N) is 2. The molecule has 1 aromatic carbocycles. The number of hydrogen-bond acceptors (Lipinski definition) is 4. The number of carbonyl (C=O) groups is 2. The van der Waals surface area contributed by atoms with E-state index in [-0.39, 0.29) is 18.4 Å². The highest BCUT2D eigenvalue weighted by molar-refractivity contribution is 6.03. The molecule has 2 aliphatic rings. The van der Waals surface area contributed by atoms with Gasteiger partial charge in [-0.3, -0.25) is 14.7 Å². The van der Waals surface area contributed by atoms with Crippen LogP contribution in [-0.4, -0.2) is 41.7 Å². The lowest BCUT2D eigenvalue weighted by atomic mass is 9.85. The van der Waals surface area contributed by atoms with E-state index in [0.29, 0.717) is 23.0 Å². The second-order valence-corrected chi connectivity index (χ2v) is 7.25. The van der Waals surface area contributed by atoms with Crippen LogP contribution in [0, 0.1) is 5.92 Å². The molecule has 7 nitrogen and oxygen atoms in total. The number of likely N-dealkylation sites (N-methyl/N-ethyl adjacent to an activating group) is 1. The zero-order valence-corrected chi connectivity index (χ0v) is 15.6. The summed E-state index contributed by atoms with van der Waals surface area (Å²) in [5.74, 6) is 0.674. The number of hydrogen-bond donors (Lipinski definition) is 2. The van der Waals surface area contributed by atoms with Crippen LogP contribution in [0.2, 0.25) is 0 Å². The predicted octanol–water partition coefficient (Wildman–Crippen LogP) is 2.08. The van der Waals surface area contributed by atoms with Crippen molar-refractivity contribution in [3.05, 3.63) is 41.2 Å². The highest BCUT2D eigenvalue weighted by Crippen LogP contribution is 2.30. The fourth-order valence-electron chi connectivity index (χ4n) is 3.89. The van der Waals surface area contributed by atoms with Gasteiger partial charge in [0.15, 0.2) is 5.69 Å². The van der Waals surface area contributed by atoms with E-state index in [0.717, 1.165) is 36.9 Å². The first-order valence-corrected chi connectivity index (χ1v) is 9.44. The molecular weight excluding hydrogens is 344 g/mol. The first-order valence-electron chi connectivity index (χ1n) is 9.44. The molecule has 4 rings (SSSR count). The number of fused-ring (bicyclic) bond motifs is 2. The third kappa shape index (κ3) is 3.18. The molecule has 2 N–H and O–H groups in total. The Morgan fingerprint density at radius 1 is 1.41 bits per heavy atom. The van der Waals surface area contributed by atoms with Gasteiger partial charge in [-0.25, -0.2) is 0 Å². The van der Waals surface area contributed by atoms with Crippen LogP contribution < -0.4 is 15.0 Å². The van der Waals surface area contributed by atoms with Gasteiger partial charge in [0.2, 0.25) is 0 Å². The fourth-order valence-corrected chi connectivity index (χ4v) is 3.89. The van der Waals surface area contributed by atoms with Crippen LogP contribution in [0.25, 0.3) is 0 Å². The molecule has 0 saturated carbocycles. The van der Waals surface area contributed by atoms with Crippen LogP contribution in [0.5, 0.6) is 5.75 Å². The van der Waals surface area contributed by atoms with Crippen LogP contribution in [-0.2, 0) is 17.6 Å². The maximum Gasteiger partial charge on any atom is 0.272 e. The summed E-state index contributed by atoms with van der Waals surface area (Å²) >= 11 is 0. The van der Waals surface area contributed by atoms with Gasteiger partial charge < -0.3 is 15.0 Å². The van der Waals surface area contributed by atoms with Crippen molar-refractivity contribution >= 4 is 17.5 Å². The van der Waals surface area contributed by atoms with Crippen molar-refractivity contribution in [2.75, 3.05) is 18.6 Å². The first-order chi connectivity index (χ1) is 13.1. The van der Waals surface area contributed by atoms with Crippen LogP contribution >= 0.6 is 0 Å². The Hall–Kier alpha value is -2.83. The standard InChI is InChI=1S/C20H24N4O3/c1-3-12-8-9-14-13(10-12)18(23-22-14)19(25)21-15-11-27-17-7-5-4-6-16(17)24(2)20(15)26/h4-7,12,15H,3,8-11H2,1-2H3,(H,21,25)(H,22,23). The van der Waals surface area contributed by atoms with Crippen molar-refractivity contribution in [2.24, 2.45) is 5.92 Å². The van der Waals surface area contributed by atoms with E-state index in [1.165, 1.54) is 4.90 Å². The van der Waals surface area contributed by atoms with Crippen LogP contribution in [0.1, 0.15) is 41.5 Å². The van der Waals surface area contributed by atoms with Crippen molar-refractivity contribution in [3.63, 3.8) is 0 Å². The Morgan fingerprint density at radius 3 is 3.04 bits per heavy atom. The van der Waals surface area contributed by atoms with Crippen molar-refractivity contribution in [2.45, 2.75) is 38.6 Å². The summed E-state index contributed by atoms with van der Waals surface area (Å²) in [5, 5.41) is 10.1. The molecule has 1 aromatic heterocycles. The Labute approximate surface area is 158 Å². The lowest BCUT2D eigenvalue weighted by Gasteiger charge is -2.22. The molecule has 27 heavy (non-hydrogen) atoms. The lowest BCUT2D eigenvalue weighted by Crippen LogP contribution is -2.49. The van der Waals surface area contributed by atoms with Crippen molar-refractivity contribution < 1.29 is 14.3 Å². The van der Waals surface area contributed by atoms with E-state index in [2.05, 4.69) is 22.4 Å². The molecule has 7 heteroatoms. The zero-order valence-electron chi connectivity index (χ0n) is 15.6. The maximum absolute atomic E-state index is 12.9. The number of para-hydroxylation sites is 2. The van der Waals surface area contributed by atoms with Crippen LogP contribution in [0.15, 0.2) is 24.3 Å². The number of carbonyl (C=O) groups excluding carboxylic acids is 2. The largest absolute Gasteiger partial charge is 0.489 e.